The van der Waals surface area contributed by atoms with Crippen LogP contribution in [0.2, 0.25) is 0 Å². The molecule has 0 aliphatic carbocycles. The van der Waals surface area contributed by atoms with Crippen molar-refractivity contribution in [1.82, 2.24) is 30.3 Å². The second-order valence-electron chi connectivity index (χ2n) is 7.84. The lowest BCUT2D eigenvalue weighted by molar-refractivity contribution is 0.138. The third kappa shape index (κ3) is 3.39. The Labute approximate surface area is 178 Å². The molecule has 3 aromatic heterocycles. The van der Waals surface area contributed by atoms with Crippen LogP contribution in [-0.4, -0.2) is 56.6 Å². The Morgan fingerprint density at radius 1 is 0.968 bits per heavy atom. The molecule has 0 spiro atoms. The minimum atomic E-state index is 0.510. The summed E-state index contributed by atoms with van der Waals surface area (Å²) >= 11 is 0. The van der Waals surface area contributed by atoms with Gasteiger partial charge < -0.3 is 14.1 Å². The van der Waals surface area contributed by atoms with E-state index in [1.807, 2.05) is 6.20 Å². The van der Waals surface area contributed by atoms with E-state index in [0.29, 0.717) is 18.3 Å². The number of H-pyrrole nitrogens is 2. The van der Waals surface area contributed by atoms with Gasteiger partial charge in [-0.25, -0.2) is 0 Å². The van der Waals surface area contributed by atoms with Crippen LogP contribution in [0.5, 0.6) is 0 Å². The first kappa shape index (κ1) is 18.3. The molecular weight excluding hydrogens is 392 g/mol. The third-order valence-electron chi connectivity index (χ3n) is 5.84. The maximum Gasteiger partial charge on any atom is 0.248 e. The molecule has 0 bridgehead atoms. The number of ether oxygens (including phenoxy) is 1. The highest BCUT2D eigenvalue weighted by molar-refractivity contribution is 6.01. The summed E-state index contributed by atoms with van der Waals surface area (Å²) in [6.45, 7) is 4.03. The standard InChI is InChI=1S/C23H22N6O2/c1-3-16(17-5-6-24-20(17)4-1)15-11-18(19-13-25-26-21(19)12-15)23-28-27-22(31-23)14-29-7-2-9-30-10-8-29/h1,3-6,11-13,24H,2,7-10,14H2,(H,25,26). The molecule has 0 unspecified atom stereocenters. The molecule has 1 aliphatic heterocycles. The Hall–Kier alpha value is -3.49. The number of aromatic nitrogens is 5. The van der Waals surface area contributed by atoms with Crippen molar-refractivity contribution in [2.75, 3.05) is 26.3 Å². The summed E-state index contributed by atoms with van der Waals surface area (Å²) in [5, 5.41) is 18.2. The molecule has 156 valence electrons. The largest absolute Gasteiger partial charge is 0.419 e. The Morgan fingerprint density at radius 3 is 2.97 bits per heavy atom. The molecule has 2 N–H and O–H groups in total. The second kappa shape index (κ2) is 7.64. The lowest BCUT2D eigenvalue weighted by Gasteiger charge is -2.15. The molecule has 4 heterocycles. The molecular formula is C23H22N6O2. The lowest BCUT2D eigenvalue weighted by atomic mass is 9.98. The molecule has 0 amide bonds. The van der Waals surface area contributed by atoms with Gasteiger partial charge in [0.05, 0.1) is 30.4 Å². The van der Waals surface area contributed by atoms with E-state index in [0.717, 1.165) is 65.8 Å². The Bertz CT molecular complexity index is 1340. The van der Waals surface area contributed by atoms with E-state index in [-0.39, 0.29) is 0 Å². The SMILES string of the molecule is c1cc(-c2cc(-c3nnc(CN4CCCOCC4)o3)c3cn[nH]c3c2)c2cc[nH]c2c1. The van der Waals surface area contributed by atoms with Gasteiger partial charge in [-0.15, -0.1) is 10.2 Å². The highest BCUT2D eigenvalue weighted by Crippen LogP contribution is 2.35. The number of nitrogens with zero attached hydrogens (tertiary/aromatic N) is 4. The van der Waals surface area contributed by atoms with E-state index in [2.05, 4.69) is 66.7 Å². The number of hydrogen-bond donors (Lipinski definition) is 2. The fourth-order valence-corrected chi connectivity index (χ4v) is 4.29. The third-order valence-corrected chi connectivity index (χ3v) is 5.84. The van der Waals surface area contributed by atoms with Gasteiger partial charge in [0.1, 0.15) is 0 Å². The topological polar surface area (TPSA) is 95.9 Å². The summed E-state index contributed by atoms with van der Waals surface area (Å²) in [6, 6.07) is 12.6. The van der Waals surface area contributed by atoms with E-state index in [1.54, 1.807) is 6.20 Å². The number of fused-ring (bicyclic) bond motifs is 2. The lowest BCUT2D eigenvalue weighted by Crippen LogP contribution is -2.25. The predicted molar refractivity (Wildman–Crippen MR) is 117 cm³/mol. The van der Waals surface area contributed by atoms with Gasteiger partial charge >= 0.3 is 0 Å². The summed E-state index contributed by atoms with van der Waals surface area (Å²) < 4.78 is 11.6. The van der Waals surface area contributed by atoms with Gasteiger partial charge in [-0.3, -0.25) is 10.00 Å². The van der Waals surface area contributed by atoms with Crippen LogP contribution in [0.3, 0.4) is 0 Å². The van der Waals surface area contributed by atoms with Crippen LogP contribution < -0.4 is 0 Å². The van der Waals surface area contributed by atoms with Crippen molar-refractivity contribution in [3.05, 3.63) is 54.7 Å². The quantitative estimate of drug-likeness (QED) is 0.462. The van der Waals surface area contributed by atoms with E-state index < -0.39 is 0 Å². The molecule has 1 fully saturated rings. The zero-order valence-electron chi connectivity index (χ0n) is 17.0. The van der Waals surface area contributed by atoms with Gasteiger partial charge in [-0.2, -0.15) is 5.10 Å². The predicted octanol–water partition coefficient (Wildman–Crippen LogP) is 3.98. The number of benzene rings is 2. The van der Waals surface area contributed by atoms with E-state index in [9.17, 15) is 0 Å². The zero-order chi connectivity index (χ0) is 20.6. The Morgan fingerprint density at radius 2 is 1.97 bits per heavy atom. The van der Waals surface area contributed by atoms with Gasteiger partial charge in [-0.1, -0.05) is 12.1 Å². The number of rotatable bonds is 4. The highest BCUT2D eigenvalue weighted by Gasteiger charge is 2.18. The number of hydrogen-bond acceptors (Lipinski definition) is 6. The van der Waals surface area contributed by atoms with Crippen molar-refractivity contribution in [3.8, 4) is 22.6 Å². The average Bonchev–Trinajstić information content (AvgIpc) is 3.51. The summed E-state index contributed by atoms with van der Waals surface area (Å²) in [5.74, 6) is 1.13. The first-order chi connectivity index (χ1) is 15.3. The average molecular weight is 414 g/mol. The molecule has 0 atom stereocenters. The van der Waals surface area contributed by atoms with E-state index in [4.69, 9.17) is 9.15 Å². The second-order valence-corrected chi connectivity index (χ2v) is 7.84. The van der Waals surface area contributed by atoms with Crippen molar-refractivity contribution in [3.63, 3.8) is 0 Å². The van der Waals surface area contributed by atoms with Crippen molar-refractivity contribution in [2.24, 2.45) is 0 Å². The maximum atomic E-state index is 6.10. The first-order valence-corrected chi connectivity index (χ1v) is 10.5. The smallest absolute Gasteiger partial charge is 0.248 e. The van der Waals surface area contributed by atoms with Crippen LogP contribution in [0, 0.1) is 0 Å². The van der Waals surface area contributed by atoms with Crippen LogP contribution >= 0.6 is 0 Å². The highest BCUT2D eigenvalue weighted by atomic mass is 16.5. The Kier molecular flexibility index (Phi) is 4.51. The Balaban J connectivity index is 1.40. The van der Waals surface area contributed by atoms with Crippen molar-refractivity contribution in [2.45, 2.75) is 13.0 Å². The van der Waals surface area contributed by atoms with Crippen molar-refractivity contribution >= 4 is 21.8 Å². The van der Waals surface area contributed by atoms with E-state index in [1.165, 1.54) is 5.39 Å². The minimum absolute atomic E-state index is 0.510. The minimum Gasteiger partial charge on any atom is -0.419 e. The van der Waals surface area contributed by atoms with Gasteiger partial charge in [0.15, 0.2) is 0 Å². The fraction of sp³-hybridized carbons (Fsp3) is 0.261. The van der Waals surface area contributed by atoms with Gasteiger partial charge in [0.25, 0.3) is 0 Å². The summed E-state index contributed by atoms with van der Waals surface area (Å²) in [5.41, 5.74) is 5.13. The molecule has 1 saturated heterocycles. The molecule has 0 saturated carbocycles. The first-order valence-electron chi connectivity index (χ1n) is 10.5. The molecule has 0 radical (unpaired) electrons. The van der Waals surface area contributed by atoms with Crippen LogP contribution in [0.15, 0.2) is 53.2 Å². The molecule has 6 rings (SSSR count). The van der Waals surface area contributed by atoms with Crippen LogP contribution in [0.1, 0.15) is 12.3 Å². The summed E-state index contributed by atoms with van der Waals surface area (Å²) in [6.07, 6.45) is 4.78. The fourth-order valence-electron chi connectivity index (χ4n) is 4.29. The maximum absolute atomic E-state index is 6.10. The van der Waals surface area contributed by atoms with Crippen molar-refractivity contribution < 1.29 is 9.15 Å². The van der Waals surface area contributed by atoms with Crippen LogP contribution in [0.25, 0.3) is 44.4 Å². The monoisotopic (exact) mass is 414 g/mol. The zero-order valence-corrected chi connectivity index (χ0v) is 17.0. The van der Waals surface area contributed by atoms with Gasteiger partial charge in [0.2, 0.25) is 11.8 Å². The van der Waals surface area contributed by atoms with Crippen LogP contribution in [0.4, 0.5) is 0 Å². The summed E-state index contributed by atoms with van der Waals surface area (Å²) in [7, 11) is 0. The molecule has 5 aromatic rings. The molecule has 1 aliphatic rings. The summed E-state index contributed by atoms with van der Waals surface area (Å²) in [4.78, 5) is 5.57. The molecule has 31 heavy (non-hydrogen) atoms. The number of nitrogens with one attached hydrogen (secondary N) is 2. The normalized spacial score (nSPS) is 15.6. The van der Waals surface area contributed by atoms with E-state index >= 15 is 0 Å². The van der Waals surface area contributed by atoms with Gasteiger partial charge in [-0.05, 0) is 41.8 Å². The van der Waals surface area contributed by atoms with Crippen LogP contribution in [-0.2, 0) is 11.3 Å². The molecule has 8 nitrogen and oxygen atoms in total. The molecule has 8 heteroatoms. The van der Waals surface area contributed by atoms with Crippen molar-refractivity contribution in [1.29, 1.82) is 0 Å². The number of aromatic amines is 2. The van der Waals surface area contributed by atoms with Gasteiger partial charge in [0, 0.05) is 42.2 Å². The molecule has 2 aromatic carbocycles.